The van der Waals surface area contributed by atoms with Crippen molar-refractivity contribution in [2.75, 3.05) is 20.2 Å². The molecule has 1 N–H and O–H groups in total. The Morgan fingerprint density at radius 2 is 1.95 bits per heavy atom. The highest BCUT2D eigenvalue weighted by Crippen LogP contribution is 2.24. The van der Waals surface area contributed by atoms with Crippen LogP contribution in [-0.4, -0.2) is 36.7 Å². The zero-order chi connectivity index (χ0) is 15.5. The van der Waals surface area contributed by atoms with Crippen LogP contribution in [0.1, 0.15) is 39.2 Å². The number of hydrogen-bond acceptors (Lipinski definition) is 3. The van der Waals surface area contributed by atoms with Gasteiger partial charge in [0.05, 0.1) is 7.11 Å². The second kappa shape index (κ2) is 7.12. The van der Waals surface area contributed by atoms with E-state index in [1.807, 2.05) is 6.07 Å². The third kappa shape index (κ3) is 4.70. The lowest BCUT2D eigenvalue weighted by Crippen LogP contribution is -2.49. The van der Waals surface area contributed by atoms with Gasteiger partial charge in [-0.1, -0.05) is 15.9 Å². The zero-order valence-electron chi connectivity index (χ0n) is 13.6. The Morgan fingerprint density at radius 3 is 2.52 bits per heavy atom. The molecule has 1 aliphatic heterocycles. The maximum Gasteiger partial charge on any atom is 0.119 e. The summed E-state index contributed by atoms with van der Waals surface area (Å²) in [6.45, 7) is 10.1. The molecule has 0 aromatic heterocycles. The molecular weight excluding hydrogens is 328 g/mol. The molecule has 1 fully saturated rings. The van der Waals surface area contributed by atoms with Crippen LogP contribution in [-0.2, 0) is 6.54 Å². The molecule has 21 heavy (non-hydrogen) atoms. The normalized spacial score (nSPS) is 18.0. The molecule has 0 aliphatic carbocycles. The minimum atomic E-state index is 0.292. The third-order valence-corrected chi connectivity index (χ3v) is 5.05. The van der Waals surface area contributed by atoms with Crippen molar-refractivity contribution in [2.45, 2.75) is 51.7 Å². The first-order chi connectivity index (χ1) is 9.90. The molecule has 1 aliphatic rings. The van der Waals surface area contributed by atoms with E-state index in [2.05, 4.69) is 59.1 Å². The lowest BCUT2D eigenvalue weighted by molar-refractivity contribution is 0.0960. The van der Waals surface area contributed by atoms with Gasteiger partial charge >= 0.3 is 0 Å². The first-order valence-electron chi connectivity index (χ1n) is 7.71. The van der Waals surface area contributed by atoms with Crippen molar-refractivity contribution in [2.24, 2.45) is 0 Å². The molecule has 118 valence electrons. The van der Waals surface area contributed by atoms with E-state index in [1.54, 1.807) is 7.11 Å². The summed E-state index contributed by atoms with van der Waals surface area (Å²) in [4.78, 5) is 2.58. The van der Waals surface area contributed by atoms with Crippen molar-refractivity contribution in [3.05, 3.63) is 28.2 Å². The van der Waals surface area contributed by atoms with Crippen molar-refractivity contribution in [1.82, 2.24) is 10.2 Å². The van der Waals surface area contributed by atoms with E-state index in [-0.39, 0.29) is 0 Å². The van der Waals surface area contributed by atoms with Crippen molar-refractivity contribution >= 4 is 15.9 Å². The molecule has 0 spiro atoms. The van der Waals surface area contributed by atoms with Crippen molar-refractivity contribution in [3.8, 4) is 5.75 Å². The van der Waals surface area contributed by atoms with Gasteiger partial charge in [-0.25, -0.2) is 0 Å². The summed E-state index contributed by atoms with van der Waals surface area (Å²) in [7, 11) is 1.71. The first-order valence-corrected chi connectivity index (χ1v) is 8.50. The highest BCUT2D eigenvalue weighted by atomic mass is 79.9. The maximum absolute atomic E-state index is 5.30. The molecule has 1 aromatic carbocycles. The monoisotopic (exact) mass is 354 g/mol. The summed E-state index contributed by atoms with van der Waals surface area (Å²) < 4.78 is 6.44. The number of ether oxygens (including phenoxy) is 1. The molecule has 0 amide bonds. The van der Waals surface area contributed by atoms with Gasteiger partial charge in [-0.15, -0.1) is 0 Å². The van der Waals surface area contributed by atoms with Gasteiger partial charge in [-0.2, -0.15) is 0 Å². The summed E-state index contributed by atoms with van der Waals surface area (Å²) in [5.74, 6) is 0.914. The Labute approximate surface area is 137 Å². The molecule has 4 heteroatoms. The van der Waals surface area contributed by atoms with Crippen LogP contribution >= 0.6 is 15.9 Å². The van der Waals surface area contributed by atoms with Gasteiger partial charge in [0.15, 0.2) is 0 Å². The summed E-state index contributed by atoms with van der Waals surface area (Å²) in [6, 6.07) is 6.75. The molecule has 0 saturated carbocycles. The fourth-order valence-electron chi connectivity index (χ4n) is 2.82. The Bertz CT molecular complexity index is 462. The number of nitrogens with zero attached hydrogens (tertiary/aromatic N) is 1. The first kappa shape index (κ1) is 16.8. The third-order valence-electron chi connectivity index (χ3n) is 4.28. The van der Waals surface area contributed by atoms with Gasteiger partial charge in [0, 0.05) is 35.7 Å². The van der Waals surface area contributed by atoms with Gasteiger partial charge in [0.2, 0.25) is 0 Å². The van der Waals surface area contributed by atoms with Crippen LogP contribution in [0.3, 0.4) is 0 Å². The van der Waals surface area contributed by atoms with Crippen LogP contribution in [0.15, 0.2) is 22.7 Å². The number of benzene rings is 1. The van der Waals surface area contributed by atoms with Gasteiger partial charge in [-0.3, -0.25) is 4.90 Å². The summed E-state index contributed by atoms with van der Waals surface area (Å²) in [5, 5.41) is 3.69. The predicted molar refractivity (Wildman–Crippen MR) is 91.9 cm³/mol. The van der Waals surface area contributed by atoms with Crippen molar-refractivity contribution < 1.29 is 4.74 Å². The van der Waals surface area contributed by atoms with E-state index in [0.717, 1.165) is 16.8 Å². The zero-order valence-corrected chi connectivity index (χ0v) is 15.2. The van der Waals surface area contributed by atoms with E-state index >= 15 is 0 Å². The van der Waals surface area contributed by atoms with Crippen LogP contribution in [0, 0.1) is 0 Å². The molecule has 0 unspecified atom stereocenters. The average molecular weight is 355 g/mol. The van der Waals surface area contributed by atoms with Crippen LogP contribution in [0.4, 0.5) is 0 Å². The van der Waals surface area contributed by atoms with Gasteiger partial charge in [0.1, 0.15) is 5.75 Å². The molecule has 1 saturated heterocycles. The highest BCUT2D eigenvalue weighted by Gasteiger charge is 2.26. The van der Waals surface area contributed by atoms with E-state index < -0.39 is 0 Å². The minimum Gasteiger partial charge on any atom is -0.497 e. The molecule has 0 radical (unpaired) electrons. The molecular formula is C17H27BrN2O. The lowest BCUT2D eigenvalue weighted by Gasteiger charge is -2.41. The average Bonchev–Trinajstić information content (AvgIpc) is 2.46. The molecule has 2 rings (SSSR count). The number of hydrogen-bond donors (Lipinski definition) is 1. The quantitative estimate of drug-likeness (QED) is 0.889. The Hall–Kier alpha value is -0.580. The standard InChI is InChI=1S/C17H27BrN2O/c1-17(2,3)20-9-7-14(8-10-20)19-12-13-11-15(21-4)5-6-16(13)18/h5-6,11,14,19H,7-10,12H2,1-4H3. The predicted octanol–water partition coefficient (Wildman–Crippen LogP) is 3.81. The van der Waals surface area contributed by atoms with Gasteiger partial charge < -0.3 is 10.1 Å². The van der Waals surface area contributed by atoms with Crippen molar-refractivity contribution in [1.29, 1.82) is 0 Å². The Kier molecular flexibility index (Phi) is 5.69. The minimum absolute atomic E-state index is 0.292. The van der Waals surface area contributed by atoms with Gasteiger partial charge in [0.25, 0.3) is 0 Å². The molecule has 1 aromatic rings. The van der Waals surface area contributed by atoms with Gasteiger partial charge in [-0.05, 0) is 57.4 Å². The van der Waals surface area contributed by atoms with Crippen LogP contribution in [0.25, 0.3) is 0 Å². The lowest BCUT2D eigenvalue weighted by atomic mass is 9.98. The second-order valence-electron chi connectivity index (χ2n) is 6.77. The Morgan fingerprint density at radius 1 is 1.29 bits per heavy atom. The molecule has 0 bridgehead atoms. The molecule has 3 nitrogen and oxygen atoms in total. The number of methoxy groups -OCH3 is 1. The van der Waals surface area contributed by atoms with E-state index in [9.17, 15) is 0 Å². The van der Waals surface area contributed by atoms with Crippen molar-refractivity contribution in [3.63, 3.8) is 0 Å². The number of rotatable bonds is 4. The SMILES string of the molecule is COc1ccc(Br)c(CNC2CCN(C(C)(C)C)CC2)c1. The van der Waals surface area contributed by atoms with Crippen LogP contribution < -0.4 is 10.1 Å². The number of piperidine rings is 1. The maximum atomic E-state index is 5.30. The van der Waals surface area contributed by atoms with E-state index in [4.69, 9.17) is 4.74 Å². The fraction of sp³-hybridized carbons (Fsp3) is 0.647. The van der Waals surface area contributed by atoms with Crippen LogP contribution in [0.5, 0.6) is 5.75 Å². The smallest absolute Gasteiger partial charge is 0.119 e. The summed E-state index contributed by atoms with van der Waals surface area (Å²) >= 11 is 3.62. The fourth-order valence-corrected chi connectivity index (χ4v) is 3.21. The number of halogens is 1. The summed E-state index contributed by atoms with van der Waals surface area (Å²) in [5.41, 5.74) is 1.55. The molecule has 1 heterocycles. The number of nitrogens with one attached hydrogen (secondary N) is 1. The second-order valence-corrected chi connectivity index (χ2v) is 7.62. The topological polar surface area (TPSA) is 24.5 Å². The summed E-state index contributed by atoms with van der Waals surface area (Å²) in [6.07, 6.45) is 2.44. The largest absolute Gasteiger partial charge is 0.497 e. The van der Waals surface area contributed by atoms with E-state index in [0.29, 0.717) is 11.6 Å². The van der Waals surface area contributed by atoms with Crippen LogP contribution in [0.2, 0.25) is 0 Å². The van der Waals surface area contributed by atoms with E-state index in [1.165, 1.54) is 31.5 Å². The Balaban J connectivity index is 1.85. The number of likely N-dealkylation sites (tertiary alicyclic amines) is 1. The molecule has 0 atom stereocenters. The highest BCUT2D eigenvalue weighted by molar-refractivity contribution is 9.10.